The zero-order chi connectivity index (χ0) is 31.1. The number of para-hydroxylation sites is 1. The summed E-state index contributed by atoms with van der Waals surface area (Å²) in [5, 5.41) is 24.5. The Kier molecular flexibility index (Phi) is 12.2. The Morgan fingerprint density at radius 2 is 1.41 bits per heavy atom. The molecular formula is C37H45FN2O4. The molecule has 0 aliphatic heterocycles. The second-order valence-electron chi connectivity index (χ2n) is 11.6. The minimum atomic E-state index is -0.942. The first-order valence-corrected chi connectivity index (χ1v) is 14.9. The van der Waals surface area contributed by atoms with Crippen LogP contribution in [0.15, 0.2) is 84.9 Å². The van der Waals surface area contributed by atoms with Crippen LogP contribution in [0.1, 0.15) is 76.4 Å². The molecule has 0 aliphatic rings. The lowest BCUT2D eigenvalue weighted by Gasteiger charge is -2.20. The number of hydrogen-bond acceptors (Lipinski definition) is 4. The van der Waals surface area contributed by atoms with Crippen LogP contribution in [0, 0.1) is 11.7 Å². The number of carbonyl (C=O) groups excluding carboxylic acids is 2. The first-order chi connectivity index (χ1) is 20.6. The number of aromatic nitrogens is 1. The Morgan fingerprint density at radius 3 is 1.98 bits per heavy atom. The maximum Gasteiger partial charge on any atom is 0.258 e. The number of halogens is 1. The number of benzene rings is 3. The monoisotopic (exact) mass is 600 g/mol. The van der Waals surface area contributed by atoms with Crippen LogP contribution in [0.25, 0.3) is 22.4 Å². The van der Waals surface area contributed by atoms with Gasteiger partial charge in [0.1, 0.15) is 11.6 Å². The number of anilines is 1. The van der Waals surface area contributed by atoms with Gasteiger partial charge in [-0.1, -0.05) is 83.7 Å². The lowest BCUT2D eigenvalue weighted by molar-refractivity contribution is -0.124. The molecule has 0 aliphatic carbocycles. The molecule has 0 spiro atoms. The van der Waals surface area contributed by atoms with Crippen molar-refractivity contribution in [2.24, 2.45) is 5.92 Å². The normalized spacial score (nSPS) is 12.6. The largest absolute Gasteiger partial charge is 0.393 e. The minimum absolute atomic E-state index is 0. The molecule has 0 fully saturated rings. The van der Waals surface area contributed by atoms with E-state index in [9.17, 15) is 24.2 Å². The smallest absolute Gasteiger partial charge is 0.258 e. The van der Waals surface area contributed by atoms with E-state index in [1.165, 1.54) is 12.1 Å². The lowest BCUT2D eigenvalue weighted by Crippen LogP contribution is -2.24. The van der Waals surface area contributed by atoms with Crippen LogP contribution in [-0.4, -0.2) is 38.7 Å². The van der Waals surface area contributed by atoms with Gasteiger partial charge in [-0.05, 0) is 66.3 Å². The van der Waals surface area contributed by atoms with Crippen molar-refractivity contribution in [1.82, 2.24) is 4.57 Å². The SMILES string of the molecule is C.CC(C)C(=O)CC(O)CC(O)CCn1c(-c2ccc(F)cc2)c(-c2ccccc2)c(C(=O)Nc2ccccc2)c1C(C)C. The highest BCUT2D eigenvalue weighted by Gasteiger charge is 2.31. The number of nitrogens with zero attached hydrogens (tertiary/aromatic N) is 1. The van der Waals surface area contributed by atoms with Gasteiger partial charge in [0.05, 0.1) is 23.5 Å². The zero-order valence-corrected chi connectivity index (χ0v) is 25.3. The molecule has 44 heavy (non-hydrogen) atoms. The number of nitrogens with one attached hydrogen (secondary N) is 1. The van der Waals surface area contributed by atoms with Crippen LogP contribution in [0.2, 0.25) is 0 Å². The highest BCUT2D eigenvalue weighted by atomic mass is 19.1. The fourth-order valence-corrected chi connectivity index (χ4v) is 5.47. The van der Waals surface area contributed by atoms with E-state index in [1.807, 2.05) is 74.5 Å². The summed E-state index contributed by atoms with van der Waals surface area (Å²) in [6, 6.07) is 25.1. The average Bonchev–Trinajstić information content (AvgIpc) is 3.33. The average molecular weight is 601 g/mol. The second kappa shape index (κ2) is 15.6. The van der Waals surface area contributed by atoms with Crippen LogP contribution in [0.4, 0.5) is 10.1 Å². The summed E-state index contributed by atoms with van der Waals surface area (Å²) in [5.74, 6) is -0.948. The number of hydrogen-bond donors (Lipinski definition) is 3. The molecule has 2 atom stereocenters. The Labute approximate surface area is 260 Å². The van der Waals surface area contributed by atoms with Crippen LogP contribution in [0.5, 0.6) is 0 Å². The molecule has 0 bridgehead atoms. The maximum absolute atomic E-state index is 14.1. The number of aliphatic hydroxyl groups excluding tert-OH is 2. The van der Waals surface area contributed by atoms with Crippen molar-refractivity contribution < 1.29 is 24.2 Å². The quantitative estimate of drug-likeness (QED) is 0.145. The molecule has 1 heterocycles. The van der Waals surface area contributed by atoms with Gasteiger partial charge < -0.3 is 20.1 Å². The zero-order valence-electron chi connectivity index (χ0n) is 25.3. The van der Waals surface area contributed by atoms with Crippen molar-refractivity contribution in [2.75, 3.05) is 5.32 Å². The fraction of sp³-hybridized carbons (Fsp3) is 0.351. The van der Waals surface area contributed by atoms with Gasteiger partial charge in [-0.15, -0.1) is 0 Å². The Balaban J connectivity index is 0.00000529. The van der Waals surface area contributed by atoms with E-state index in [2.05, 4.69) is 9.88 Å². The third-order valence-electron chi connectivity index (χ3n) is 7.60. The number of aliphatic hydroxyl groups is 2. The van der Waals surface area contributed by atoms with E-state index in [4.69, 9.17) is 0 Å². The predicted molar refractivity (Wildman–Crippen MR) is 176 cm³/mol. The van der Waals surface area contributed by atoms with Gasteiger partial charge in [0, 0.05) is 35.8 Å². The second-order valence-corrected chi connectivity index (χ2v) is 11.6. The van der Waals surface area contributed by atoms with Crippen molar-refractivity contribution in [3.8, 4) is 22.4 Å². The maximum atomic E-state index is 14.1. The van der Waals surface area contributed by atoms with Crippen LogP contribution in [-0.2, 0) is 11.3 Å². The molecule has 7 heteroatoms. The standard InChI is InChI=1S/C36H41FN2O4.CH4/c1-23(2)31(42)22-30(41)21-29(40)19-20-39-34(24(3)4)33(36(43)38-28-13-9-6-10-14-28)32(25-11-7-5-8-12-25)35(39)26-15-17-27(37)18-16-26;/h5-18,23-24,29-30,40-41H,19-22H2,1-4H3,(H,38,43);1H4. The minimum Gasteiger partial charge on any atom is -0.393 e. The Bertz CT molecular complexity index is 1510. The molecule has 0 radical (unpaired) electrons. The number of Topliss-reactive ketones (excluding diaryl/α,β-unsaturated/α-hetero) is 1. The molecule has 0 saturated heterocycles. The predicted octanol–water partition coefficient (Wildman–Crippen LogP) is 8.09. The van der Waals surface area contributed by atoms with Gasteiger partial charge in [-0.2, -0.15) is 0 Å². The van der Waals surface area contributed by atoms with E-state index < -0.39 is 12.2 Å². The fourth-order valence-electron chi connectivity index (χ4n) is 5.47. The van der Waals surface area contributed by atoms with Gasteiger partial charge in [-0.25, -0.2) is 4.39 Å². The molecule has 4 aromatic rings. The van der Waals surface area contributed by atoms with E-state index in [0.29, 0.717) is 17.8 Å². The van der Waals surface area contributed by atoms with E-state index >= 15 is 0 Å². The Hall–Kier alpha value is -4.07. The van der Waals surface area contributed by atoms with Crippen molar-refractivity contribution in [3.63, 3.8) is 0 Å². The molecule has 234 valence electrons. The van der Waals surface area contributed by atoms with E-state index in [-0.39, 0.29) is 56.0 Å². The van der Waals surface area contributed by atoms with Crippen LogP contribution < -0.4 is 5.32 Å². The van der Waals surface area contributed by atoms with E-state index in [0.717, 1.165) is 28.1 Å². The molecule has 4 rings (SSSR count). The van der Waals surface area contributed by atoms with Gasteiger partial charge in [0.25, 0.3) is 5.91 Å². The summed E-state index contributed by atoms with van der Waals surface area (Å²) in [5.41, 5.74) is 5.01. The number of amides is 1. The van der Waals surface area contributed by atoms with Crippen molar-refractivity contribution in [1.29, 1.82) is 0 Å². The molecule has 2 unspecified atom stereocenters. The summed E-state index contributed by atoms with van der Waals surface area (Å²) in [6.07, 6.45) is -1.47. The van der Waals surface area contributed by atoms with E-state index in [1.54, 1.807) is 26.0 Å². The summed E-state index contributed by atoms with van der Waals surface area (Å²) in [7, 11) is 0. The highest BCUT2D eigenvalue weighted by Crippen LogP contribution is 2.42. The first-order valence-electron chi connectivity index (χ1n) is 14.9. The van der Waals surface area contributed by atoms with Crippen molar-refractivity contribution >= 4 is 17.4 Å². The van der Waals surface area contributed by atoms with Crippen LogP contribution >= 0.6 is 0 Å². The molecule has 3 aromatic carbocycles. The first kappa shape index (κ1) is 34.4. The lowest BCUT2D eigenvalue weighted by atomic mass is 9.94. The molecule has 0 saturated carbocycles. The highest BCUT2D eigenvalue weighted by molar-refractivity contribution is 6.12. The molecule has 6 nitrogen and oxygen atoms in total. The summed E-state index contributed by atoms with van der Waals surface area (Å²) in [6.45, 7) is 7.96. The van der Waals surface area contributed by atoms with Crippen molar-refractivity contribution in [3.05, 3.63) is 102 Å². The topological polar surface area (TPSA) is 91.6 Å². The summed E-state index contributed by atoms with van der Waals surface area (Å²) in [4.78, 5) is 26.2. The third kappa shape index (κ3) is 8.30. The molecule has 1 amide bonds. The van der Waals surface area contributed by atoms with Gasteiger partial charge in [0.2, 0.25) is 0 Å². The van der Waals surface area contributed by atoms with Gasteiger partial charge in [0.15, 0.2) is 0 Å². The molecule has 1 aromatic heterocycles. The van der Waals surface area contributed by atoms with Gasteiger partial charge in [-0.3, -0.25) is 9.59 Å². The number of rotatable bonds is 13. The summed E-state index contributed by atoms with van der Waals surface area (Å²) >= 11 is 0. The Morgan fingerprint density at radius 1 is 0.818 bits per heavy atom. The van der Waals surface area contributed by atoms with Crippen LogP contribution in [0.3, 0.4) is 0 Å². The third-order valence-corrected chi connectivity index (χ3v) is 7.60. The van der Waals surface area contributed by atoms with Gasteiger partial charge >= 0.3 is 0 Å². The molecule has 3 N–H and O–H groups in total. The number of carbonyl (C=O) groups is 2. The van der Waals surface area contributed by atoms with Crippen molar-refractivity contribution in [2.45, 2.75) is 79.1 Å². The summed E-state index contributed by atoms with van der Waals surface area (Å²) < 4.78 is 16.1. The number of ketones is 1. The molecular weight excluding hydrogens is 555 g/mol.